The second kappa shape index (κ2) is 8.17. The molecule has 0 bridgehead atoms. The average molecular weight is 375 g/mol. The van der Waals surface area contributed by atoms with Crippen molar-refractivity contribution in [2.24, 2.45) is 7.05 Å². The van der Waals surface area contributed by atoms with Crippen LogP contribution in [0.4, 0.5) is 5.13 Å². The summed E-state index contributed by atoms with van der Waals surface area (Å²) in [5.74, 6) is 0.821. The Morgan fingerprint density at radius 3 is 2.80 bits per heavy atom. The maximum atomic E-state index is 12.1. The van der Waals surface area contributed by atoms with Crippen LogP contribution in [0.2, 0.25) is 0 Å². The average Bonchev–Trinajstić information content (AvgIpc) is 3.21. The SMILES string of the molecule is CCCc1nnc(NC(=O)CSc2nnc(-c3ccncc3)n2C)s1. The van der Waals surface area contributed by atoms with Crippen LogP contribution < -0.4 is 5.32 Å². The van der Waals surface area contributed by atoms with Gasteiger partial charge in [0.05, 0.1) is 5.75 Å². The number of aromatic nitrogens is 6. The fourth-order valence-electron chi connectivity index (χ4n) is 2.10. The fourth-order valence-corrected chi connectivity index (χ4v) is 3.67. The van der Waals surface area contributed by atoms with Gasteiger partial charge in [0.2, 0.25) is 11.0 Å². The van der Waals surface area contributed by atoms with Gasteiger partial charge in [0.1, 0.15) is 5.01 Å². The number of carbonyl (C=O) groups is 1. The first-order valence-corrected chi connectivity index (χ1v) is 9.52. The largest absolute Gasteiger partial charge is 0.305 e. The molecule has 0 saturated heterocycles. The third kappa shape index (κ3) is 4.40. The molecule has 0 atom stereocenters. The third-order valence-corrected chi connectivity index (χ3v) is 5.20. The lowest BCUT2D eigenvalue weighted by Gasteiger charge is -2.03. The topological polar surface area (TPSA) is 98.5 Å². The number of hydrogen-bond acceptors (Lipinski definition) is 8. The summed E-state index contributed by atoms with van der Waals surface area (Å²) < 4.78 is 1.86. The summed E-state index contributed by atoms with van der Waals surface area (Å²) in [6.07, 6.45) is 5.29. The summed E-state index contributed by atoms with van der Waals surface area (Å²) in [5.41, 5.74) is 0.929. The first kappa shape index (κ1) is 17.5. The van der Waals surface area contributed by atoms with E-state index in [0.717, 1.165) is 29.2 Å². The van der Waals surface area contributed by atoms with Crippen molar-refractivity contribution in [1.29, 1.82) is 0 Å². The summed E-state index contributed by atoms with van der Waals surface area (Å²) in [6, 6.07) is 3.74. The van der Waals surface area contributed by atoms with E-state index < -0.39 is 0 Å². The van der Waals surface area contributed by atoms with Crippen LogP contribution in [0.5, 0.6) is 0 Å². The van der Waals surface area contributed by atoms with Crippen molar-refractivity contribution >= 4 is 34.1 Å². The highest BCUT2D eigenvalue weighted by molar-refractivity contribution is 7.99. The Hall–Kier alpha value is -2.33. The molecule has 130 valence electrons. The van der Waals surface area contributed by atoms with Crippen molar-refractivity contribution in [3.63, 3.8) is 0 Å². The molecule has 0 aromatic carbocycles. The number of rotatable bonds is 7. The number of pyridine rings is 1. The first-order chi connectivity index (χ1) is 12.2. The normalized spacial score (nSPS) is 10.8. The van der Waals surface area contributed by atoms with E-state index in [2.05, 4.69) is 37.6 Å². The molecule has 0 saturated carbocycles. The number of carbonyl (C=O) groups excluding carboxylic acids is 1. The van der Waals surface area contributed by atoms with Crippen molar-refractivity contribution in [1.82, 2.24) is 29.9 Å². The van der Waals surface area contributed by atoms with Gasteiger partial charge in [-0.15, -0.1) is 20.4 Å². The minimum Gasteiger partial charge on any atom is -0.305 e. The zero-order valence-corrected chi connectivity index (χ0v) is 15.5. The van der Waals surface area contributed by atoms with Gasteiger partial charge in [0.25, 0.3) is 0 Å². The predicted octanol–water partition coefficient (Wildman–Crippen LogP) is 2.41. The quantitative estimate of drug-likeness (QED) is 0.633. The summed E-state index contributed by atoms with van der Waals surface area (Å²) in [6.45, 7) is 2.08. The van der Waals surface area contributed by atoms with Gasteiger partial charge >= 0.3 is 0 Å². The monoisotopic (exact) mass is 375 g/mol. The molecule has 3 aromatic heterocycles. The van der Waals surface area contributed by atoms with E-state index in [1.165, 1.54) is 23.1 Å². The summed E-state index contributed by atoms with van der Waals surface area (Å²) in [5, 5.41) is 21.3. The number of nitrogens with one attached hydrogen (secondary N) is 1. The van der Waals surface area contributed by atoms with Gasteiger partial charge in [-0.25, -0.2) is 0 Å². The predicted molar refractivity (Wildman–Crippen MR) is 97.5 cm³/mol. The van der Waals surface area contributed by atoms with E-state index in [0.29, 0.717) is 10.3 Å². The van der Waals surface area contributed by atoms with Crippen LogP contribution in [0.25, 0.3) is 11.4 Å². The Kier molecular flexibility index (Phi) is 5.71. The van der Waals surface area contributed by atoms with Gasteiger partial charge in [-0.1, -0.05) is 30.0 Å². The zero-order valence-electron chi connectivity index (χ0n) is 13.8. The molecule has 1 N–H and O–H groups in total. The molecule has 0 spiro atoms. The Morgan fingerprint density at radius 2 is 2.04 bits per heavy atom. The van der Waals surface area contributed by atoms with Gasteiger partial charge in [-0.3, -0.25) is 15.1 Å². The number of aryl methyl sites for hydroxylation is 1. The van der Waals surface area contributed by atoms with Crippen molar-refractivity contribution in [2.45, 2.75) is 24.9 Å². The van der Waals surface area contributed by atoms with Crippen LogP contribution in [-0.4, -0.2) is 41.6 Å². The molecule has 0 fully saturated rings. The standard InChI is InChI=1S/C15H17N7OS2/c1-3-4-12-18-20-14(25-12)17-11(23)9-24-15-21-19-13(22(15)2)10-5-7-16-8-6-10/h5-8H,3-4,9H2,1-2H3,(H,17,20,23). The summed E-state index contributed by atoms with van der Waals surface area (Å²) in [7, 11) is 1.87. The molecule has 1 amide bonds. The van der Waals surface area contributed by atoms with E-state index in [4.69, 9.17) is 0 Å². The number of hydrogen-bond donors (Lipinski definition) is 1. The maximum absolute atomic E-state index is 12.1. The highest BCUT2D eigenvalue weighted by atomic mass is 32.2. The Morgan fingerprint density at radius 1 is 1.24 bits per heavy atom. The highest BCUT2D eigenvalue weighted by Gasteiger charge is 2.14. The van der Waals surface area contributed by atoms with Crippen molar-refractivity contribution < 1.29 is 4.79 Å². The molecule has 3 rings (SSSR count). The molecule has 0 unspecified atom stereocenters. The molecule has 3 heterocycles. The van der Waals surface area contributed by atoms with E-state index >= 15 is 0 Å². The summed E-state index contributed by atoms with van der Waals surface area (Å²) in [4.78, 5) is 16.1. The van der Waals surface area contributed by atoms with Crippen molar-refractivity contribution in [2.75, 3.05) is 11.1 Å². The minimum absolute atomic E-state index is 0.141. The molecule has 25 heavy (non-hydrogen) atoms. The lowest BCUT2D eigenvalue weighted by molar-refractivity contribution is -0.113. The van der Waals surface area contributed by atoms with Crippen LogP contribution in [0, 0.1) is 0 Å². The molecule has 0 aliphatic rings. The van der Waals surface area contributed by atoms with Crippen LogP contribution in [0.1, 0.15) is 18.4 Å². The zero-order chi connectivity index (χ0) is 17.6. The Bertz CT molecular complexity index is 847. The van der Waals surface area contributed by atoms with Crippen LogP contribution in [0.3, 0.4) is 0 Å². The first-order valence-electron chi connectivity index (χ1n) is 7.72. The van der Waals surface area contributed by atoms with Crippen molar-refractivity contribution in [3.05, 3.63) is 29.5 Å². The molecule has 10 heteroatoms. The van der Waals surface area contributed by atoms with Gasteiger partial charge in [0, 0.05) is 31.4 Å². The molecule has 3 aromatic rings. The van der Waals surface area contributed by atoms with Gasteiger partial charge in [0.15, 0.2) is 11.0 Å². The molecule has 0 aliphatic heterocycles. The van der Waals surface area contributed by atoms with Crippen LogP contribution in [-0.2, 0) is 18.3 Å². The van der Waals surface area contributed by atoms with Gasteiger partial charge in [-0.05, 0) is 18.6 Å². The minimum atomic E-state index is -0.141. The van der Waals surface area contributed by atoms with E-state index in [-0.39, 0.29) is 11.7 Å². The number of anilines is 1. The smallest absolute Gasteiger partial charge is 0.236 e. The molecular formula is C15H17N7OS2. The van der Waals surface area contributed by atoms with Gasteiger partial charge in [-0.2, -0.15) is 0 Å². The van der Waals surface area contributed by atoms with Crippen molar-refractivity contribution in [3.8, 4) is 11.4 Å². The highest BCUT2D eigenvalue weighted by Crippen LogP contribution is 2.22. The third-order valence-electron chi connectivity index (χ3n) is 3.28. The number of thioether (sulfide) groups is 1. The summed E-state index contributed by atoms with van der Waals surface area (Å²) >= 11 is 2.73. The maximum Gasteiger partial charge on any atom is 0.236 e. The molecule has 0 aliphatic carbocycles. The Balaban J connectivity index is 1.58. The van der Waals surface area contributed by atoms with E-state index in [9.17, 15) is 4.79 Å². The van der Waals surface area contributed by atoms with E-state index in [1.54, 1.807) is 12.4 Å². The lowest BCUT2D eigenvalue weighted by Crippen LogP contribution is -2.14. The molecular weight excluding hydrogens is 358 g/mol. The second-order valence-corrected chi connectivity index (χ2v) is 7.19. The lowest BCUT2D eigenvalue weighted by atomic mass is 10.2. The second-order valence-electron chi connectivity index (χ2n) is 5.19. The molecule has 0 radical (unpaired) electrons. The van der Waals surface area contributed by atoms with Gasteiger partial charge < -0.3 is 4.57 Å². The number of nitrogens with zero attached hydrogens (tertiary/aromatic N) is 6. The van der Waals surface area contributed by atoms with Crippen LogP contribution >= 0.6 is 23.1 Å². The molecule has 8 nitrogen and oxygen atoms in total. The number of amides is 1. The van der Waals surface area contributed by atoms with E-state index in [1.807, 2.05) is 23.7 Å². The van der Waals surface area contributed by atoms with Crippen LogP contribution in [0.15, 0.2) is 29.7 Å². The fraction of sp³-hybridized carbons (Fsp3) is 0.333. The Labute approximate surface area is 153 Å².